The molecule has 14 heavy (non-hydrogen) atoms. The average molecular weight is 304 g/mol. The molecular formula is C12H16OTe. The summed E-state index contributed by atoms with van der Waals surface area (Å²) in [7, 11) is 0. The molecule has 2 rings (SSSR count). The van der Waals surface area contributed by atoms with Crippen molar-refractivity contribution in [3.63, 3.8) is 0 Å². The summed E-state index contributed by atoms with van der Waals surface area (Å²) >= 11 is -0.172. The Labute approximate surface area is 95.6 Å². The summed E-state index contributed by atoms with van der Waals surface area (Å²) in [6.45, 7) is 0. The normalized spacial score (nSPS) is 27.5. The van der Waals surface area contributed by atoms with Crippen LogP contribution >= 0.6 is 0 Å². The molecule has 1 N–H and O–H groups in total. The van der Waals surface area contributed by atoms with E-state index in [0.717, 1.165) is 6.42 Å². The molecule has 0 bridgehead atoms. The van der Waals surface area contributed by atoms with E-state index in [1.807, 2.05) is 0 Å². The Bertz CT molecular complexity index is 273. The summed E-state index contributed by atoms with van der Waals surface area (Å²) in [5, 5.41) is 9.86. The van der Waals surface area contributed by atoms with Crippen LogP contribution in [0.15, 0.2) is 30.3 Å². The van der Waals surface area contributed by atoms with Crippen molar-refractivity contribution < 1.29 is 5.11 Å². The predicted molar refractivity (Wildman–Crippen MR) is 60.1 cm³/mol. The quantitative estimate of drug-likeness (QED) is 0.825. The number of aliphatic hydroxyl groups excluding tert-OH is 1. The molecule has 1 nitrogen and oxygen atoms in total. The molecule has 1 aliphatic carbocycles. The van der Waals surface area contributed by atoms with Gasteiger partial charge in [0.1, 0.15) is 0 Å². The second-order valence-electron chi connectivity index (χ2n) is 3.82. The Morgan fingerprint density at radius 3 is 2.50 bits per heavy atom. The number of rotatable bonds is 2. The van der Waals surface area contributed by atoms with Crippen LogP contribution in [0.5, 0.6) is 0 Å². The zero-order valence-corrected chi connectivity index (χ0v) is 10.6. The molecule has 76 valence electrons. The van der Waals surface area contributed by atoms with Gasteiger partial charge in [-0.05, 0) is 0 Å². The predicted octanol–water partition coefficient (Wildman–Crippen LogP) is 1.74. The minimum absolute atomic E-state index is 0.00800. The van der Waals surface area contributed by atoms with Gasteiger partial charge in [0.15, 0.2) is 0 Å². The van der Waals surface area contributed by atoms with Crippen LogP contribution in [0.2, 0.25) is 3.97 Å². The van der Waals surface area contributed by atoms with Crippen molar-refractivity contribution in [3.8, 4) is 0 Å². The number of benzene rings is 1. The van der Waals surface area contributed by atoms with Gasteiger partial charge in [0.25, 0.3) is 0 Å². The first-order valence-electron chi connectivity index (χ1n) is 5.26. The summed E-state index contributed by atoms with van der Waals surface area (Å²) in [6, 6.07) is 10.7. The van der Waals surface area contributed by atoms with Crippen molar-refractivity contribution >= 4 is 24.5 Å². The van der Waals surface area contributed by atoms with Crippen LogP contribution in [0.3, 0.4) is 0 Å². The molecule has 1 saturated carbocycles. The number of hydrogen-bond donors (Lipinski definition) is 1. The zero-order valence-electron chi connectivity index (χ0n) is 8.23. The van der Waals surface area contributed by atoms with Gasteiger partial charge >= 0.3 is 95.7 Å². The van der Waals surface area contributed by atoms with E-state index in [1.54, 1.807) is 0 Å². The van der Waals surface area contributed by atoms with Crippen molar-refractivity contribution in [3.05, 3.63) is 30.3 Å². The standard InChI is InChI=1S/C12H16OTe/c13-11-8-4-5-9-12(11)14-10-6-2-1-3-7-10/h1-3,6-7,11-13H,4-5,8-9H2/t11-,12-/m1/s1. The summed E-state index contributed by atoms with van der Waals surface area (Å²) in [5.41, 5.74) is 0. The van der Waals surface area contributed by atoms with Gasteiger partial charge in [-0.25, -0.2) is 0 Å². The van der Waals surface area contributed by atoms with Crippen molar-refractivity contribution in [1.29, 1.82) is 0 Å². The van der Waals surface area contributed by atoms with E-state index in [9.17, 15) is 5.11 Å². The van der Waals surface area contributed by atoms with Crippen LogP contribution < -0.4 is 3.61 Å². The Morgan fingerprint density at radius 2 is 1.79 bits per heavy atom. The molecule has 2 heteroatoms. The molecule has 1 aromatic rings. The second-order valence-corrected chi connectivity index (χ2v) is 7.57. The van der Waals surface area contributed by atoms with Gasteiger partial charge in [0.05, 0.1) is 0 Å². The van der Waals surface area contributed by atoms with Gasteiger partial charge in [-0.15, -0.1) is 0 Å². The third kappa shape index (κ3) is 2.73. The fourth-order valence-corrected chi connectivity index (χ4v) is 5.43. The van der Waals surface area contributed by atoms with E-state index in [4.69, 9.17) is 0 Å². The fraction of sp³-hybridized carbons (Fsp3) is 0.500. The van der Waals surface area contributed by atoms with E-state index < -0.39 is 0 Å². The van der Waals surface area contributed by atoms with Crippen LogP contribution in [0, 0.1) is 0 Å². The molecule has 0 aliphatic heterocycles. The van der Waals surface area contributed by atoms with Crippen LogP contribution in [0.4, 0.5) is 0 Å². The Hall–Kier alpha value is -0.0304. The summed E-state index contributed by atoms with van der Waals surface area (Å²) < 4.78 is 2.11. The van der Waals surface area contributed by atoms with Crippen molar-refractivity contribution in [1.82, 2.24) is 0 Å². The zero-order chi connectivity index (χ0) is 9.80. The van der Waals surface area contributed by atoms with Gasteiger partial charge in [-0.2, -0.15) is 0 Å². The summed E-state index contributed by atoms with van der Waals surface area (Å²) in [6.07, 6.45) is 4.81. The molecule has 0 amide bonds. The first-order valence-corrected chi connectivity index (χ1v) is 7.77. The third-order valence-corrected chi connectivity index (χ3v) is 6.69. The summed E-state index contributed by atoms with van der Waals surface area (Å²) in [5.74, 6) is 0. The number of aliphatic hydroxyl groups is 1. The average Bonchev–Trinajstić information content (AvgIpc) is 2.23. The fourth-order valence-electron chi connectivity index (χ4n) is 1.89. The van der Waals surface area contributed by atoms with E-state index in [-0.39, 0.29) is 27.0 Å². The van der Waals surface area contributed by atoms with Gasteiger partial charge in [-0.3, -0.25) is 0 Å². The molecule has 0 heterocycles. The molecule has 0 aromatic heterocycles. The Morgan fingerprint density at radius 1 is 1.07 bits per heavy atom. The van der Waals surface area contributed by atoms with E-state index >= 15 is 0 Å². The number of hydrogen-bond acceptors (Lipinski definition) is 1. The topological polar surface area (TPSA) is 20.2 Å². The SMILES string of the molecule is O[C@@H]1CCCC[C@H]1[Te]c1ccccc1. The molecule has 0 saturated heterocycles. The van der Waals surface area contributed by atoms with Gasteiger partial charge < -0.3 is 0 Å². The van der Waals surface area contributed by atoms with Crippen LogP contribution in [0.25, 0.3) is 0 Å². The monoisotopic (exact) mass is 306 g/mol. The third-order valence-electron chi connectivity index (χ3n) is 2.70. The first-order chi connectivity index (χ1) is 6.86. The first kappa shape index (κ1) is 10.5. The molecule has 2 atom stereocenters. The molecule has 1 aliphatic rings. The van der Waals surface area contributed by atoms with Gasteiger partial charge in [-0.1, -0.05) is 0 Å². The van der Waals surface area contributed by atoms with Gasteiger partial charge in [0.2, 0.25) is 0 Å². The molecule has 0 radical (unpaired) electrons. The second kappa shape index (κ2) is 5.16. The maximum absolute atomic E-state index is 9.86. The molecule has 1 fully saturated rings. The van der Waals surface area contributed by atoms with Crippen LogP contribution in [0.1, 0.15) is 25.7 Å². The van der Waals surface area contributed by atoms with Crippen LogP contribution in [-0.4, -0.2) is 32.1 Å². The molecular weight excluding hydrogens is 288 g/mol. The van der Waals surface area contributed by atoms with Crippen molar-refractivity contribution in [2.24, 2.45) is 0 Å². The van der Waals surface area contributed by atoms with E-state index in [0.29, 0.717) is 3.97 Å². The summed E-state index contributed by atoms with van der Waals surface area (Å²) in [4.78, 5) is 0. The Kier molecular flexibility index (Phi) is 3.87. The minimum atomic E-state index is -0.172. The maximum atomic E-state index is 9.86. The Balaban J connectivity index is 1.96. The molecule has 0 unspecified atom stereocenters. The molecule has 1 aromatic carbocycles. The van der Waals surface area contributed by atoms with Crippen molar-refractivity contribution in [2.45, 2.75) is 35.8 Å². The van der Waals surface area contributed by atoms with E-state index in [1.165, 1.54) is 22.9 Å². The van der Waals surface area contributed by atoms with Crippen LogP contribution in [-0.2, 0) is 0 Å². The van der Waals surface area contributed by atoms with E-state index in [2.05, 4.69) is 30.3 Å². The molecule has 0 spiro atoms. The van der Waals surface area contributed by atoms with Gasteiger partial charge in [0, 0.05) is 0 Å². The van der Waals surface area contributed by atoms with Crippen molar-refractivity contribution in [2.75, 3.05) is 0 Å².